The Hall–Kier alpha value is -2.37. The number of hydrogen-bond acceptors (Lipinski definition) is 6. The highest BCUT2D eigenvalue weighted by Gasteiger charge is 2.19. The molecule has 0 aliphatic rings. The first-order chi connectivity index (χ1) is 35.0. The average Bonchev–Trinajstić information content (AvgIpc) is 3.37. The molecule has 416 valence electrons. The molecule has 0 saturated heterocycles. The van der Waals surface area contributed by atoms with E-state index in [4.69, 9.17) is 14.2 Å². The van der Waals surface area contributed by atoms with Crippen molar-refractivity contribution >= 4 is 17.9 Å². The lowest BCUT2D eigenvalue weighted by Crippen LogP contribution is -2.30. The molecule has 0 aromatic carbocycles. The van der Waals surface area contributed by atoms with Crippen LogP contribution < -0.4 is 0 Å². The lowest BCUT2D eigenvalue weighted by Gasteiger charge is -2.18. The average molecular weight is 998 g/mol. The molecule has 6 heteroatoms. The number of esters is 3. The van der Waals surface area contributed by atoms with E-state index in [9.17, 15) is 14.4 Å². The lowest BCUT2D eigenvalue weighted by molar-refractivity contribution is -0.167. The van der Waals surface area contributed by atoms with E-state index in [1.165, 1.54) is 238 Å². The number of unbranched alkanes of at least 4 members (excludes halogenated alkanes) is 41. The Morgan fingerprint density at radius 3 is 0.789 bits per heavy atom. The zero-order chi connectivity index (χ0) is 51.4. The molecule has 1 atom stereocenters. The van der Waals surface area contributed by atoms with Crippen LogP contribution in [-0.4, -0.2) is 37.2 Å². The maximum absolute atomic E-state index is 12.8. The van der Waals surface area contributed by atoms with Crippen molar-refractivity contribution in [3.63, 3.8) is 0 Å². The minimum absolute atomic E-state index is 0.0696. The van der Waals surface area contributed by atoms with Crippen LogP contribution in [0.1, 0.15) is 342 Å². The van der Waals surface area contributed by atoms with Crippen LogP contribution in [-0.2, 0) is 28.6 Å². The molecule has 0 N–H and O–H groups in total. The van der Waals surface area contributed by atoms with Crippen molar-refractivity contribution in [3.05, 3.63) is 36.5 Å². The second-order valence-corrected chi connectivity index (χ2v) is 21.3. The van der Waals surface area contributed by atoms with Crippen molar-refractivity contribution in [1.29, 1.82) is 0 Å². The number of allylic oxidation sites excluding steroid dienone is 6. The summed E-state index contributed by atoms with van der Waals surface area (Å²) >= 11 is 0. The molecule has 0 fully saturated rings. The monoisotopic (exact) mass is 997 g/mol. The van der Waals surface area contributed by atoms with Gasteiger partial charge in [-0.3, -0.25) is 14.4 Å². The molecule has 0 aromatic rings. The Bertz CT molecular complexity index is 1190. The van der Waals surface area contributed by atoms with Crippen LogP contribution in [0.15, 0.2) is 36.5 Å². The summed E-state index contributed by atoms with van der Waals surface area (Å²) in [5.41, 5.74) is 0. The number of carbonyl (C=O) groups excluding carboxylic acids is 3. The molecule has 0 amide bonds. The van der Waals surface area contributed by atoms with Crippen LogP contribution in [0.25, 0.3) is 0 Å². The van der Waals surface area contributed by atoms with Gasteiger partial charge < -0.3 is 14.2 Å². The van der Waals surface area contributed by atoms with Gasteiger partial charge in [0, 0.05) is 19.3 Å². The van der Waals surface area contributed by atoms with Gasteiger partial charge in [0.15, 0.2) is 6.10 Å². The molecule has 0 spiro atoms. The van der Waals surface area contributed by atoms with Gasteiger partial charge in [-0.25, -0.2) is 0 Å². The van der Waals surface area contributed by atoms with Crippen LogP contribution in [0.5, 0.6) is 0 Å². The maximum Gasteiger partial charge on any atom is 0.306 e. The molecule has 0 aliphatic carbocycles. The van der Waals surface area contributed by atoms with Gasteiger partial charge in [0.25, 0.3) is 0 Å². The van der Waals surface area contributed by atoms with Crippen molar-refractivity contribution in [2.75, 3.05) is 13.2 Å². The summed E-state index contributed by atoms with van der Waals surface area (Å²) in [6.45, 7) is 6.62. The number of rotatable bonds is 58. The molecule has 0 radical (unpaired) electrons. The van der Waals surface area contributed by atoms with Gasteiger partial charge in [0.2, 0.25) is 0 Å². The zero-order valence-electron chi connectivity index (χ0n) is 47.8. The van der Waals surface area contributed by atoms with Crippen molar-refractivity contribution < 1.29 is 28.6 Å². The van der Waals surface area contributed by atoms with Crippen LogP contribution in [0, 0.1) is 0 Å². The van der Waals surface area contributed by atoms with Gasteiger partial charge in [0.1, 0.15) is 13.2 Å². The van der Waals surface area contributed by atoms with Crippen LogP contribution in [0.2, 0.25) is 0 Å². The predicted octanol–water partition coefficient (Wildman–Crippen LogP) is 21.2. The SMILES string of the molecule is CCCCCCC/C=C\C/C=C\CCCCCCCCCCCCCCCCCCCC(=O)OCC(COC(=O)CCCCCCCCC)OC(=O)CCCCCCCCC/C=C\CCCCCCCC. The van der Waals surface area contributed by atoms with Gasteiger partial charge in [0.05, 0.1) is 0 Å². The summed E-state index contributed by atoms with van der Waals surface area (Å²) in [5.74, 6) is -0.862. The van der Waals surface area contributed by atoms with Crippen LogP contribution in [0.4, 0.5) is 0 Å². The van der Waals surface area contributed by atoms with Gasteiger partial charge in [-0.15, -0.1) is 0 Å². The summed E-state index contributed by atoms with van der Waals surface area (Å²) in [6.07, 6.45) is 73.2. The Kier molecular flexibility index (Phi) is 58.2. The van der Waals surface area contributed by atoms with E-state index in [2.05, 4.69) is 57.2 Å². The molecule has 0 saturated carbocycles. The fourth-order valence-corrected chi connectivity index (χ4v) is 9.35. The van der Waals surface area contributed by atoms with E-state index in [1.807, 2.05) is 0 Å². The van der Waals surface area contributed by atoms with E-state index in [-0.39, 0.29) is 31.1 Å². The minimum atomic E-state index is -0.769. The van der Waals surface area contributed by atoms with E-state index in [0.717, 1.165) is 64.2 Å². The maximum atomic E-state index is 12.8. The Labute approximate surface area is 442 Å². The summed E-state index contributed by atoms with van der Waals surface area (Å²) in [6, 6.07) is 0. The van der Waals surface area contributed by atoms with Crippen molar-refractivity contribution in [2.24, 2.45) is 0 Å². The lowest BCUT2D eigenvalue weighted by atomic mass is 10.0. The first kappa shape index (κ1) is 68.6. The second-order valence-electron chi connectivity index (χ2n) is 21.3. The quantitative estimate of drug-likeness (QED) is 0.0261. The topological polar surface area (TPSA) is 78.9 Å². The Morgan fingerprint density at radius 1 is 0.282 bits per heavy atom. The van der Waals surface area contributed by atoms with Crippen LogP contribution >= 0.6 is 0 Å². The number of ether oxygens (including phenoxy) is 3. The molecule has 0 aliphatic heterocycles. The third kappa shape index (κ3) is 58.4. The molecule has 0 bridgehead atoms. The fraction of sp³-hybridized carbons (Fsp3) is 0.862. The smallest absolute Gasteiger partial charge is 0.306 e. The zero-order valence-corrected chi connectivity index (χ0v) is 47.8. The van der Waals surface area contributed by atoms with Crippen LogP contribution in [0.3, 0.4) is 0 Å². The summed E-state index contributed by atoms with van der Waals surface area (Å²) in [4.78, 5) is 38.0. The summed E-state index contributed by atoms with van der Waals surface area (Å²) in [7, 11) is 0. The van der Waals surface area contributed by atoms with Gasteiger partial charge in [-0.05, 0) is 77.0 Å². The van der Waals surface area contributed by atoms with Gasteiger partial charge in [-0.1, -0.05) is 282 Å². The number of hydrogen-bond donors (Lipinski definition) is 0. The standard InChI is InChI=1S/C65H120O6/c1-4-7-10-13-16-18-20-22-24-26-27-28-29-30-31-32-33-34-35-36-37-39-40-42-44-46-49-52-55-58-64(67)70-61-62(60-69-63(66)57-54-51-48-15-12-9-6-3)71-65(68)59-56-53-50-47-45-43-41-38-25-23-21-19-17-14-11-8-5-2/h20,22-23,25-27,62H,4-19,21,24,28-61H2,1-3H3/b22-20-,25-23-,27-26-. The fourth-order valence-electron chi connectivity index (χ4n) is 9.35. The minimum Gasteiger partial charge on any atom is -0.462 e. The van der Waals surface area contributed by atoms with Crippen molar-refractivity contribution in [1.82, 2.24) is 0 Å². The van der Waals surface area contributed by atoms with Crippen molar-refractivity contribution in [2.45, 2.75) is 348 Å². The number of carbonyl (C=O) groups is 3. The van der Waals surface area contributed by atoms with E-state index in [0.29, 0.717) is 19.3 Å². The molecular weight excluding hydrogens is 877 g/mol. The highest BCUT2D eigenvalue weighted by Crippen LogP contribution is 2.17. The second kappa shape index (κ2) is 60.2. The van der Waals surface area contributed by atoms with Crippen molar-refractivity contribution in [3.8, 4) is 0 Å². The van der Waals surface area contributed by atoms with E-state index >= 15 is 0 Å². The van der Waals surface area contributed by atoms with E-state index < -0.39 is 6.10 Å². The molecule has 6 nitrogen and oxygen atoms in total. The van der Waals surface area contributed by atoms with Gasteiger partial charge in [-0.2, -0.15) is 0 Å². The third-order valence-corrected chi connectivity index (χ3v) is 14.1. The molecule has 1 unspecified atom stereocenters. The first-order valence-corrected chi connectivity index (χ1v) is 31.5. The molecular formula is C65H120O6. The first-order valence-electron chi connectivity index (χ1n) is 31.5. The third-order valence-electron chi connectivity index (χ3n) is 14.1. The highest BCUT2D eigenvalue weighted by atomic mass is 16.6. The normalized spacial score (nSPS) is 12.2. The molecule has 0 aromatic heterocycles. The molecule has 0 rings (SSSR count). The summed E-state index contributed by atoms with van der Waals surface area (Å²) < 4.78 is 16.8. The Morgan fingerprint density at radius 2 is 0.507 bits per heavy atom. The summed E-state index contributed by atoms with van der Waals surface area (Å²) in [5, 5.41) is 0. The predicted molar refractivity (Wildman–Crippen MR) is 307 cm³/mol. The van der Waals surface area contributed by atoms with E-state index in [1.54, 1.807) is 0 Å². The highest BCUT2D eigenvalue weighted by molar-refractivity contribution is 5.71. The Balaban J connectivity index is 4.04. The largest absolute Gasteiger partial charge is 0.462 e. The van der Waals surface area contributed by atoms with Gasteiger partial charge >= 0.3 is 17.9 Å². The molecule has 71 heavy (non-hydrogen) atoms. The molecule has 0 heterocycles.